The molecule has 1 heterocycles. The largest absolute Gasteiger partial charge is 0.466 e. The third-order valence-corrected chi connectivity index (χ3v) is 3.16. The van der Waals surface area contributed by atoms with Crippen molar-refractivity contribution in [3.63, 3.8) is 0 Å². The van der Waals surface area contributed by atoms with Crippen LogP contribution in [0.1, 0.15) is 36.8 Å². The highest BCUT2D eigenvalue weighted by atomic mass is 16.5. The first-order valence-electron chi connectivity index (χ1n) is 6.18. The Balaban J connectivity index is 2.02. The predicted octanol–water partition coefficient (Wildman–Crippen LogP) is 2.41. The van der Waals surface area contributed by atoms with Gasteiger partial charge in [0.25, 0.3) is 0 Å². The molecule has 4 nitrogen and oxygen atoms in total. The summed E-state index contributed by atoms with van der Waals surface area (Å²) in [6.45, 7) is 3.06. The lowest BCUT2D eigenvalue weighted by atomic mass is 9.95. The summed E-state index contributed by atoms with van der Waals surface area (Å²) in [6, 6.07) is 7.78. The lowest BCUT2D eigenvalue weighted by Gasteiger charge is -2.09. The van der Waals surface area contributed by atoms with E-state index in [-0.39, 0.29) is 11.9 Å². The van der Waals surface area contributed by atoms with E-state index in [1.54, 1.807) is 6.07 Å². The smallest absolute Gasteiger partial charge is 0.305 e. The van der Waals surface area contributed by atoms with Gasteiger partial charge < -0.3 is 10.1 Å². The van der Waals surface area contributed by atoms with Crippen molar-refractivity contribution in [1.29, 1.82) is 5.26 Å². The van der Waals surface area contributed by atoms with E-state index in [0.717, 1.165) is 24.2 Å². The number of nitrogens with one attached hydrogen (secondary N) is 1. The van der Waals surface area contributed by atoms with Crippen LogP contribution in [0.2, 0.25) is 0 Å². The van der Waals surface area contributed by atoms with Crippen LogP contribution in [0.15, 0.2) is 18.2 Å². The number of benzene rings is 1. The molecule has 0 radical (unpaired) electrons. The summed E-state index contributed by atoms with van der Waals surface area (Å²) in [5, 5.41) is 12.2. The van der Waals surface area contributed by atoms with E-state index in [9.17, 15) is 4.79 Å². The number of carbonyl (C=O) groups is 1. The molecule has 1 N–H and O–H groups in total. The molecule has 1 aromatic carbocycles. The quantitative estimate of drug-likeness (QED) is 0.826. The number of esters is 1. The number of rotatable bonds is 4. The summed E-state index contributed by atoms with van der Waals surface area (Å²) in [6.07, 6.45) is 1.18. The van der Waals surface area contributed by atoms with E-state index >= 15 is 0 Å². The molecule has 0 spiro atoms. The summed E-state index contributed by atoms with van der Waals surface area (Å²) < 4.78 is 4.92. The summed E-state index contributed by atoms with van der Waals surface area (Å²) in [7, 11) is 0. The Labute approximate surface area is 107 Å². The maximum absolute atomic E-state index is 11.3. The molecule has 4 heteroatoms. The third kappa shape index (κ3) is 2.62. The molecule has 18 heavy (non-hydrogen) atoms. The van der Waals surface area contributed by atoms with Crippen molar-refractivity contribution in [1.82, 2.24) is 0 Å². The number of ether oxygens (including phenoxy) is 1. The van der Waals surface area contributed by atoms with Crippen LogP contribution in [-0.4, -0.2) is 19.1 Å². The summed E-state index contributed by atoms with van der Waals surface area (Å²) in [5.41, 5.74) is 2.87. The van der Waals surface area contributed by atoms with Gasteiger partial charge in [-0.1, -0.05) is 0 Å². The third-order valence-electron chi connectivity index (χ3n) is 3.16. The molecule has 0 bridgehead atoms. The van der Waals surface area contributed by atoms with Crippen LogP contribution >= 0.6 is 0 Å². The lowest BCUT2D eigenvalue weighted by Crippen LogP contribution is -2.08. The summed E-state index contributed by atoms with van der Waals surface area (Å²) in [4.78, 5) is 11.3. The van der Waals surface area contributed by atoms with E-state index in [1.165, 1.54) is 0 Å². The Morgan fingerprint density at radius 2 is 2.44 bits per heavy atom. The van der Waals surface area contributed by atoms with Gasteiger partial charge >= 0.3 is 5.97 Å². The molecule has 0 saturated carbocycles. The highest BCUT2D eigenvalue weighted by Gasteiger charge is 2.23. The SMILES string of the molecule is CCOC(=O)CCC1CNc2ccc(C#N)cc21. The first kappa shape index (κ1) is 12.4. The molecule has 2 rings (SSSR count). The molecule has 0 aliphatic carbocycles. The number of anilines is 1. The zero-order chi connectivity index (χ0) is 13.0. The fourth-order valence-corrected chi connectivity index (χ4v) is 2.26. The van der Waals surface area contributed by atoms with Gasteiger partial charge in [0, 0.05) is 24.6 Å². The minimum atomic E-state index is -0.151. The van der Waals surface area contributed by atoms with Gasteiger partial charge in [0.2, 0.25) is 0 Å². The Morgan fingerprint density at radius 1 is 1.61 bits per heavy atom. The number of carbonyl (C=O) groups excluding carboxylic acids is 1. The molecule has 1 aliphatic rings. The lowest BCUT2D eigenvalue weighted by molar-refractivity contribution is -0.143. The van der Waals surface area contributed by atoms with Crippen molar-refractivity contribution < 1.29 is 9.53 Å². The van der Waals surface area contributed by atoms with Gasteiger partial charge in [0.05, 0.1) is 18.2 Å². The number of hydrogen-bond donors (Lipinski definition) is 1. The first-order valence-corrected chi connectivity index (χ1v) is 6.18. The molecule has 94 valence electrons. The van der Waals surface area contributed by atoms with Crippen LogP contribution < -0.4 is 5.32 Å². The topological polar surface area (TPSA) is 62.1 Å². The minimum Gasteiger partial charge on any atom is -0.466 e. The molecule has 0 aromatic heterocycles. The van der Waals surface area contributed by atoms with Gasteiger partial charge in [-0.25, -0.2) is 0 Å². The predicted molar refractivity (Wildman–Crippen MR) is 68.3 cm³/mol. The van der Waals surface area contributed by atoms with Gasteiger partial charge in [-0.2, -0.15) is 5.26 Å². The zero-order valence-corrected chi connectivity index (χ0v) is 10.4. The Kier molecular flexibility index (Phi) is 3.83. The molecule has 1 aliphatic heterocycles. The van der Waals surface area contributed by atoms with Gasteiger partial charge in [0.15, 0.2) is 0 Å². The highest BCUT2D eigenvalue weighted by Crippen LogP contribution is 2.34. The second-order valence-corrected chi connectivity index (χ2v) is 4.34. The van der Waals surface area contributed by atoms with Crippen LogP contribution in [0, 0.1) is 11.3 Å². The fraction of sp³-hybridized carbons (Fsp3) is 0.429. The average molecular weight is 244 g/mol. The van der Waals surface area contributed by atoms with Crippen LogP contribution in [0.25, 0.3) is 0 Å². The summed E-state index contributed by atoms with van der Waals surface area (Å²) in [5.74, 6) is 0.139. The highest BCUT2D eigenvalue weighted by molar-refractivity contribution is 5.69. The number of fused-ring (bicyclic) bond motifs is 1. The fourth-order valence-electron chi connectivity index (χ4n) is 2.26. The van der Waals surface area contributed by atoms with Gasteiger partial charge in [-0.15, -0.1) is 0 Å². The van der Waals surface area contributed by atoms with Crippen LogP contribution in [0.5, 0.6) is 0 Å². The van der Waals surface area contributed by atoms with Crippen molar-refractivity contribution in [2.24, 2.45) is 0 Å². The molecular weight excluding hydrogens is 228 g/mol. The normalized spacial score (nSPS) is 16.6. The van der Waals surface area contributed by atoms with E-state index in [1.807, 2.05) is 19.1 Å². The maximum atomic E-state index is 11.3. The van der Waals surface area contributed by atoms with Crippen LogP contribution in [-0.2, 0) is 9.53 Å². The molecule has 0 saturated heterocycles. The van der Waals surface area contributed by atoms with Crippen LogP contribution in [0.3, 0.4) is 0 Å². The average Bonchev–Trinajstić information content (AvgIpc) is 2.79. The molecular formula is C14H16N2O2. The molecule has 0 amide bonds. The first-order chi connectivity index (χ1) is 8.74. The van der Waals surface area contributed by atoms with E-state index < -0.39 is 0 Å². The molecule has 0 fully saturated rings. The number of nitrogens with zero attached hydrogens (tertiary/aromatic N) is 1. The number of nitriles is 1. The van der Waals surface area contributed by atoms with Crippen molar-refractivity contribution in [3.05, 3.63) is 29.3 Å². The zero-order valence-electron chi connectivity index (χ0n) is 10.4. The Hall–Kier alpha value is -2.02. The molecule has 1 aromatic rings. The minimum absolute atomic E-state index is 0.151. The van der Waals surface area contributed by atoms with Gasteiger partial charge in [-0.3, -0.25) is 4.79 Å². The molecule has 1 unspecified atom stereocenters. The maximum Gasteiger partial charge on any atom is 0.305 e. The van der Waals surface area contributed by atoms with Gasteiger partial charge in [0.1, 0.15) is 0 Å². The summed E-state index contributed by atoms with van der Waals surface area (Å²) >= 11 is 0. The second kappa shape index (κ2) is 5.54. The Morgan fingerprint density at radius 3 is 3.17 bits per heavy atom. The van der Waals surface area contributed by atoms with E-state index in [4.69, 9.17) is 10.00 Å². The Bertz CT molecular complexity index is 491. The van der Waals surface area contributed by atoms with Crippen LogP contribution in [0.4, 0.5) is 5.69 Å². The second-order valence-electron chi connectivity index (χ2n) is 4.34. The number of hydrogen-bond acceptors (Lipinski definition) is 4. The van der Waals surface area contributed by atoms with Crippen molar-refractivity contribution in [3.8, 4) is 6.07 Å². The van der Waals surface area contributed by atoms with E-state index in [0.29, 0.717) is 18.6 Å². The van der Waals surface area contributed by atoms with Crippen molar-refractivity contribution in [2.45, 2.75) is 25.7 Å². The standard InChI is InChI=1S/C14H16N2O2/c1-2-18-14(17)6-4-11-9-16-13-5-3-10(8-15)7-12(11)13/h3,5,7,11,16H,2,4,6,9H2,1H3. The molecule has 1 atom stereocenters. The van der Waals surface area contributed by atoms with E-state index in [2.05, 4.69) is 11.4 Å². The van der Waals surface area contributed by atoms with Crippen molar-refractivity contribution in [2.75, 3.05) is 18.5 Å². The van der Waals surface area contributed by atoms with Crippen molar-refractivity contribution >= 4 is 11.7 Å². The van der Waals surface area contributed by atoms with Gasteiger partial charge in [-0.05, 0) is 37.1 Å². The monoisotopic (exact) mass is 244 g/mol.